The van der Waals surface area contributed by atoms with Crippen molar-refractivity contribution < 1.29 is 4.79 Å². The molecule has 2 aromatic carbocycles. The van der Waals surface area contributed by atoms with Crippen LogP contribution in [0.5, 0.6) is 0 Å². The Labute approximate surface area is 162 Å². The molecule has 4 rings (SSSR count). The number of Topliss-reactive ketones (excluding diaryl/α,β-unsaturated/α-hetero) is 1. The van der Waals surface area contributed by atoms with Crippen molar-refractivity contribution in [2.24, 2.45) is 0 Å². The number of para-hydroxylation sites is 1. The highest BCUT2D eigenvalue weighted by Crippen LogP contribution is 2.25. The topological polar surface area (TPSA) is 52.0 Å². The van der Waals surface area contributed by atoms with Crippen LogP contribution in [0.3, 0.4) is 0 Å². The number of rotatable bonds is 5. The predicted molar refractivity (Wildman–Crippen MR) is 110 cm³/mol. The van der Waals surface area contributed by atoms with Gasteiger partial charge in [-0.25, -0.2) is 4.98 Å². The van der Waals surface area contributed by atoms with Crippen LogP contribution in [0.4, 0.5) is 0 Å². The Morgan fingerprint density at radius 1 is 1.15 bits per heavy atom. The molecule has 3 aromatic rings. The summed E-state index contributed by atoms with van der Waals surface area (Å²) in [6.45, 7) is 3.93. The van der Waals surface area contributed by atoms with Crippen molar-refractivity contribution >= 4 is 28.4 Å². The molecule has 0 unspecified atom stereocenters. The molecule has 0 N–H and O–H groups in total. The zero-order valence-corrected chi connectivity index (χ0v) is 16.4. The van der Waals surface area contributed by atoms with Gasteiger partial charge in [0.25, 0.3) is 5.56 Å². The second-order valence-electron chi connectivity index (χ2n) is 7.23. The number of hydrogen-bond acceptors (Lipinski definition) is 4. The minimum atomic E-state index is -0.0527. The van der Waals surface area contributed by atoms with Crippen LogP contribution in [0.25, 0.3) is 10.9 Å². The number of benzene rings is 2. The second kappa shape index (κ2) is 7.31. The normalized spacial score (nSPS) is 13.3. The lowest BCUT2D eigenvalue weighted by atomic mass is 10.0. The Morgan fingerprint density at radius 2 is 1.93 bits per heavy atom. The van der Waals surface area contributed by atoms with Gasteiger partial charge in [0.15, 0.2) is 10.9 Å². The smallest absolute Gasteiger partial charge is 0.262 e. The van der Waals surface area contributed by atoms with Crippen LogP contribution in [0.2, 0.25) is 0 Å². The van der Waals surface area contributed by atoms with Crippen molar-refractivity contribution in [2.75, 3.05) is 5.75 Å². The first-order valence-corrected chi connectivity index (χ1v) is 10.3. The molecule has 0 aliphatic heterocycles. The van der Waals surface area contributed by atoms with E-state index in [0.29, 0.717) is 16.1 Å². The Balaban J connectivity index is 1.62. The SMILES string of the molecule is CC(C)n1c(SCC(=O)c2ccc3c(c2)CCC3)nc2ccccc2c1=O. The lowest BCUT2D eigenvalue weighted by Crippen LogP contribution is -2.25. The zero-order valence-electron chi connectivity index (χ0n) is 15.6. The second-order valence-corrected chi connectivity index (χ2v) is 8.17. The van der Waals surface area contributed by atoms with Crippen molar-refractivity contribution in [1.29, 1.82) is 0 Å². The third kappa shape index (κ3) is 3.44. The van der Waals surface area contributed by atoms with E-state index in [9.17, 15) is 9.59 Å². The van der Waals surface area contributed by atoms with Crippen LogP contribution >= 0.6 is 11.8 Å². The Bertz CT molecular complexity index is 1090. The summed E-state index contributed by atoms with van der Waals surface area (Å²) in [6, 6.07) is 13.4. The van der Waals surface area contributed by atoms with Crippen LogP contribution in [-0.4, -0.2) is 21.1 Å². The van der Waals surface area contributed by atoms with E-state index in [2.05, 4.69) is 11.1 Å². The van der Waals surface area contributed by atoms with E-state index in [-0.39, 0.29) is 23.1 Å². The number of carbonyl (C=O) groups excluding carboxylic acids is 1. The minimum absolute atomic E-state index is 0.0211. The Hall–Kier alpha value is -2.40. The first-order valence-electron chi connectivity index (χ1n) is 9.33. The monoisotopic (exact) mass is 378 g/mol. The fraction of sp³-hybridized carbons (Fsp3) is 0.318. The summed E-state index contributed by atoms with van der Waals surface area (Å²) in [5, 5.41) is 1.21. The maximum atomic E-state index is 12.9. The van der Waals surface area contributed by atoms with E-state index in [0.717, 1.165) is 18.4 Å². The molecule has 27 heavy (non-hydrogen) atoms. The van der Waals surface area contributed by atoms with Gasteiger partial charge in [0.1, 0.15) is 0 Å². The molecule has 0 saturated heterocycles. The number of ketones is 1. The van der Waals surface area contributed by atoms with E-state index in [4.69, 9.17) is 0 Å². The molecule has 0 atom stereocenters. The van der Waals surface area contributed by atoms with E-state index in [1.54, 1.807) is 10.6 Å². The number of aromatic nitrogens is 2. The van der Waals surface area contributed by atoms with Gasteiger partial charge in [0, 0.05) is 11.6 Å². The Morgan fingerprint density at radius 3 is 2.74 bits per heavy atom. The van der Waals surface area contributed by atoms with Gasteiger partial charge in [0.05, 0.1) is 16.7 Å². The predicted octanol–water partition coefficient (Wildman–Crippen LogP) is 4.44. The lowest BCUT2D eigenvalue weighted by molar-refractivity contribution is 0.102. The fourth-order valence-electron chi connectivity index (χ4n) is 3.64. The van der Waals surface area contributed by atoms with Gasteiger partial charge < -0.3 is 0 Å². The third-order valence-electron chi connectivity index (χ3n) is 5.04. The van der Waals surface area contributed by atoms with Gasteiger partial charge in [-0.2, -0.15) is 0 Å². The molecule has 138 valence electrons. The molecule has 4 nitrogen and oxygen atoms in total. The first kappa shape index (κ1) is 18.0. The van der Waals surface area contributed by atoms with Crippen LogP contribution in [-0.2, 0) is 12.8 Å². The van der Waals surface area contributed by atoms with Gasteiger partial charge in [-0.1, -0.05) is 36.0 Å². The summed E-state index contributed by atoms with van der Waals surface area (Å²) >= 11 is 1.34. The van der Waals surface area contributed by atoms with Crippen LogP contribution in [0.1, 0.15) is 47.8 Å². The molecule has 0 bridgehead atoms. The van der Waals surface area contributed by atoms with Crippen molar-refractivity contribution in [2.45, 2.75) is 44.3 Å². The highest BCUT2D eigenvalue weighted by molar-refractivity contribution is 7.99. The number of nitrogens with zero attached hydrogens (tertiary/aromatic N) is 2. The fourth-order valence-corrected chi connectivity index (χ4v) is 4.66. The van der Waals surface area contributed by atoms with Crippen LogP contribution < -0.4 is 5.56 Å². The molecule has 0 amide bonds. The van der Waals surface area contributed by atoms with Crippen LogP contribution in [0.15, 0.2) is 52.4 Å². The van der Waals surface area contributed by atoms with Crippen molar-refractivity contribution in [3.05, 3.63) is 69.5 Å². The average molecular weight is 378 g/mol. The van der Waals surface area contributed by atoms with Crippen LogP contribution in [0, 0.1) is 0 Å². The molecule has 1 aliphatic rings. The number of hydrogen-bond donors (Lipinski definition) is 0. The highest BCUT2D eigenvalue weighted by Gasteiger charge is 2.17. The van der Waals surface area contributed by atoms with Crippen molar-refractivity contribution in [3.8, 4) is 0 Å². The van der Waals surface area contributed by atoms with Crippen molar-refractivity contribution in [1.82, 2.24) is 9.55 Å². The summed E-state index contributed by atoms with van der Waals surface area (Å²) in [5.41, 5.74) is 4.04. The first-order chi connectivity index (χ1) is 13.0. The third-order valence-corrected chi connectivity index (χ3v) is 6.00. The molecule has 1 aliphatic carbocycles. The average Bonchev–Trinajstić information content (AvgIpc) is 3.13. The lowest BCUT2D eigenvalue weighted by Gasteiger charge is -2.16. The molecule has 0 spiro atoms. The number of thioether (sulfide) groups is 1. The van der Waals surface area contributed by atoms with E-state index in [1.807, 2.05) is 44.2 Å². The molecule has 1 heterocycles. The zero-order chi connectivity index (χ0) is 19.0. The van der Waals surface area contributed by atoms with E-state index in [1.165, 1.54) is 29.3 Å². The number of aryl methyl sites for hydroxylation is 2. The Kier molecular flexibility index (Phi) is 4.87. The van der Waals surface area contributed by atoms with Crippen molar-refractivity contribution in [3.63, 3.8) is 0 Å². The van der Waals surface area contributed by atoms with E-state index >= 15 is 0 Å². The summed E-state index contributed by atoms with van der Waals surface area (Å²) < 4.78 is 1.68. The maximum Gasteiger partial charge on any atom is 0.262 e. The standard InChI is InChI=1S/C22H22N2O2S/c1-14(2)24-21(26)18-8-3-4-9-19(18)23-22(24)27-13-20(25)17-11-10-15-6-5-7-16(15)12-17/h3-4,8-12,14H,5-7,13H2,1-2H3. The molecule has 0 radical (unpaired) electrons. The summed E-state index contributed by atoms with van der Waals surface area (Å²) in [5.74, 6) is 0.350. The summed E-state index contributed by atoms with van der Waals surface area (Å²) in [7, 11) is 0. The van der Waals surface area contributed by atoms with Gasteiger partial charge in [-0.3, -0.25) is 14.2 Å². The summed E-state index contributed by atoms with van der Waals surface area (Å²) in [4.78, 5) is 30.2. The largest absolute Gasteiger partial charge is 0.293 e. The molecule has 0 fully saturated rings. The molecular weight excluding hydrogens is 356 g/mol. The maximum absolute atomic E-state index is 12.9. The van der Waals surface area contributed by atoms with Gasteiger partial charge >= 0.3 is 0 Å². The van der Waals surface area contributed by atoms with E-state index < -0.39 is 0 Å². The quantitative estimate of drug-likeness (QED) is 0.374. The van der Waals surface area contributed by atoms with Gasteiger partial charge in [-0.15, -0.1) is 0 Å². The molecular formula is C22H22N2O2S. The summed E-state index contributed by atoms with van der Waals surface area (Å²) in [6.07, 6.45) is 3.34. The highest BCUT2D eigenvalue weighted by atomic mass is 32.2. The number of fused-ring (bicyclic) bond motifs is 2. The number of carbonyl (C=O) groups is 1. The molecule has 0 saturated carbocycles. The molecule has 5 heteroatoms. The van der Waals surface area contributed by atoms with Gasteiger partial charge in [0.2, 0.25) is 0 Å². The minimum Gasteiger partial charge on any atom is -0.293 e. The molecule has 1 aromatic heterocycles. The van der Waals surface area contributed by atoms with Gasteiger partial charge in [-0.05, 0) is 62.4 Å².